The van der Waals surface area contributed by atoms with Crippen molar-refractivity contribution in [3.05, 3.63) is 22.9 Å². The fraction of sp³-hybridized carbons (Fsp3) is 0.417. The Morgan fingerprint density at radius 1 is 1.58 bits per heavy atom. The number of hydrogen-bond acceptors (Lipinski definition) is 5. The second-order valence-electron chi connectivity index (χ2n) is 3.47. The average Bonchev–Trinajstić information content (AvgIpc) is 2.38. The van der Waals surface area contributed by atoms with Gasteiger partial charge in [0, 0.05) is 11.8 Å². The van der Waals surface area contributed by atoms with Gasteiger partial charge >= 0.3 is 5.97 Å². The van der Waals surface area contributed by atoms with Crippen LogP contribution in [0.25, 0.3) is 0 Å². The molecule has 0 spiro atoms. The van der Waals surface area contributed by atoms with Crippen LogP contribution in [0.2, 0.25) is 0 Å². The van der Waals surface area contributed by atoms with Gasteiger partial charge in [-0.05, 0) is 6.92 Å². The van der Waals surface area contributed by atoms with Crippen molar-refractivity contribution in [1.82, 2.24) is 4.98 Å². The molecule has 102 valence electrons. The summed E-state index contributed by atoms with van der Waals surface area (Å²) in [5.41, 5.74) is -0.807. The van der Waals surface area contributed by atoms with Gasteiger partial charge in [0.15, 0.2) is 0 Å². The standard InChI is InChI=1S/C12H12F2N2O3/c1-3-19-10(17)4-7-8(5-15)9(11(13)14)6-16-12(7)18-2/h6,11H,3-4H2,1-2H3. The average molecular weight is 270 g/mol. The maximum Gasteiger partial charge on any atom is 0.310 e. The fourth-order valence-electron chi connectivity index (χ4n) is 1.55. The van der Waals surface area contributed by atoms with Crippen LogP contribution in [0.3, 0.4) is 0 Å². The highest BCUT2D eigenvalue weighted by molar-refractivity contribution is 5.74. The number of hydrogen-bond donors (Lipinski definition) is 0. The molecule has 7 heteroatoms. The summed E-state index contributed by atoms with van der Waals surface area (Å²) in [7, 11) is 1.28. The molecule has 0 radical (unpaired) electrons. The van der Waals surface area contributed by atoms with Gasteiger partial charge in [0.05, 0.1) is 31.3 Å². The maximum absolute atomic E-state index is 12.8. The van der Waals surface area contributed by atoms with E-state index in [1.54, 1.807) is 13.0 Å². The topological polar surface area (TPSA) is 72.2 Å². The van der Waals surface area contributed by atoms with Gasteiger partial charge in [0.2, 0.25) is 5.88 Å². The lowest BCUT2D eigenvalue weighted by atomic mass is 10.0. The minimum absolute atomic E-state index is 0.0150. The first-order chi connectivity index (χ1) is 9.04. The summed E-state index contributed by atoms with van der Waals surface area (Å²) in [5.74, 6) is -0.667. The predicted octanol–water partition coefficient (Wildman–Crippen LogP) is 2.01. The van der Waals surface area contributed by atoms with Crippen LogP contribution in [0, 0.1) is 11.3 Å². The highest BCUT2D eigenvalue weighted by Gasteiger charge is 2.23. The zero-order valence-electron chi connectivity index (χ0n) is 10.4. The van der Waals surface area contributed by atoms with E-state index in [2.05, 4.69) is 4.98 Å². The van der Waals surface area contributed by atoms with Crippen LogP contribution < -0.4 is 4.74 Å². The zero-order valence-corrected chi connectivity index (χ0v) is 10.4. The first-order valence-corrected chi connectivity index (χ1v) is 5.44. The van der Waals surface area contributed by atoms with Crippen molar-refractivity contribution in [3.63, 3.8) is 0 Å². The minimum Gasteiger partial charge on any atom is -0.481 e. The number of carbonyl (C=O) groups excluding carboxylic acids is 1. The Bertz CT molecular complexity index is 512. The van der Waals surface area contributed by atoms with E-state index in [9.17, 15) is 13.6 Å². The Kier molecular flexibility index (Phi) is 5.18. The SMILES string of the molecule is CCOC(=O)Cc1c(OC)ncc(C(F)F)c1C#N. The van der Waals surface area contributed by atoms with Crippen molar-refractivity contribution in [3.8, 4) is 11.9 Å². The number of rotatable bonds is 5. The highest BCUT2D eigenvalue weighted by atomic mass is 19.3. The molecular weight excluding hydrogens is 258 g/mol. The number of ether oxygens (including phenoxy) is 2. The van der Waals surface area contributed by atoms with Gasteiger partial charge < -0.3 is 9.47 Å². The molecule has 5 nitrogen and oxygen atoms in total. The van der Waals surface area contributed by atoms with Crippen LogP contribution in [0.4, 0.5) is 8.78 Å². The highest BCUT2D eigenvalue weighted by Crippen LogP contribution is 2.29. The second-order valence-corrected chi connectivity index (χ2v) is 3.47. The summed E-state index contributed by atoms with van der Waals surface area (Å²) in [5, 5.41) is 8.99. The molecule has 0 atom stereocenters. The number of carbonyl (C=O) groups is 1. The van der Waals surface area contributed by atoms with Gasteiger partial charge in [-0.3, -0.25) is 4.79 Å². The zero-order chi connectivity index (χ0) is 14.4. The third-order valence-electron chi connectivity index (χ3n) is 2.34. The predicted molar refractivity (Wildman–Crippen MR) is 60.8 cm³/mol. The number of aromatic nitrogens is 1. The van der Waals surface area contributed by atoms with Gasteiger partial charge in [-0.2, -0.15) is 5.26 Å². The molecule has 0 saturated carbocycles. The Balaban J connectivity index is 3.28. The van der Waals surface area contributed by atoms with E-state index < -0.39 is 18.0 Å². The van der Waals surface area contributed by atoms with Crippen molar-refractivity contribution < 1.29 is 23.0 Å². The number of pyridine rings is 1. The third-order valence-corrected chi connectivity index (χ3v) is 2.34. The van der Waals surface area contributed by atoms with Gasteiger partial charge in [0.1, 0.15) is 6.07 Å². The Morgan fingerprint density at radius 3 is 2.74 bits per heavy atom. The van der Waals surface area contributed by atoms with E-state index in [0.29, 0.717) is 0 Å². The first-order valence-electron chi connectivity index (χ1n) is 5.44. The number of alkyl halides is 2. The monoisotopic (exact) mass is 270 g/mol. The number of nitriles is 1. The molecule has 0 aliphatic heterocycles. The maximum atomic E-state index is 12.8. The summed E-state index contributed by atoms with van der Waals surface area (Å²) in [6.07, 6.45) is -2.32. The van der Waals surface area contributed by atoms with Gasteiger partial charge in [0.25, 0.3) is 6.43 Å². The van der Waals surface area contributed by atoms with Crippen molar-refractivity contribution in [1.29, 1.82) is 5.26 Å². The van der Waals surface area contributed by atoms with Gasteiger partial charge in [-0.25, -0.2) is 13.8 Å². The smallest absolute Gasteiger partial charge is 0.310 e. The lowest BCUT2D eigenvalue weighted by Crippen LogP contribution is -2.12. The molecule has 0 amide bonds. The summed E-state index contributed by atoms with van der Waals surface area (Å²) in [4.78, 5) is 15.1. The lowest BCUT2D eigenvalue weighted by Gasteiger charge is -2.11. The Hall–Kier alpha value is -2.23. The minimum atomic E-state index is -2.85. The van der Waals surface area contributed by atoms with E-state index >= 15 is 0 Å². The molecule has 0 aliphatic rings. The van der Waals surface area contributed by atoms with Crippen LogP contribution in [-0.4, -0.2) is 24.7 Å². The van der Waals surface area contributed by atoms with Crippen molar-refractivity contribution in [2.24, 2.45) is 0 Å². The molecule has 1 heterocycles. The van der Waals surface area contributed by atoms with E-state index in [0.717, 1.165) is 6.20 Å². The van der Waals surface area contributed by atoms with Crippen LogP contribution in [0.1, 0.15) is 30.0 Å². The van der Waals surface area contributed by atoms with E-state index in [1.165, 1.54) is 7.11 Å². The molecule has 19 heavy (non-hydrogen) atoms. The Labute approximate surface area is 108 Å². The van der Waals surface area contributed by atoms with E-state index in [-0.39, 0.29) is 30.0 Å². The third kappa shape index (κ3) is 3.37. The van der Waals surface area contributed by atoms with Crippen LogP contribution in [0.15, 0.2) is 6.20 Å². The molecule has 0 aliphatic carbocycles. The van der Waals surface area contributed by atoms with Crippen LogP contribution >= 0.6 is 0 Å². The summed E-state index contributed by atoms with van der Waals surface area (Å²) < 4.78 is 35.1. The first kappa shape index (κ1) is 14.8. The number of halogens is 2. The van der Waals surface area contributed by atoms with Crippen LogP contribution in [0.5, 0.6) is 5.88 Å². The number of esters is 1. The van der Waals surface area contributed by atoms with Gasteiger partial charge in [-0.1, -0.05) is 0 Å². The number of methoxy groups -OCH3 is 1. The molecule has 0 aromatic carbocycles. The molecule has 0 saturated heterocycles. The van der Waals surface area contributed by atoms with Gasteiger partial charge in [-0.15, -0.1) is 0 Å². The van der Waals surface area contributed by atoms with Crippen molar-refractivity contribution in [2.45, 2.75) is 19.8 Å². The lowest BCUT2D eigenvalue weighted by molar-refractivity contribution is -0.142. The molecule has 0 fully saturated rings. The molecule has 1 aromatic heterocycles. The molecule has 1 aromatic rings. The largest absolute Gasteiger partial charge is 0.481 e. The molecule has 0 N–H and O–H groups in total. The molecule has 1 rings (SSSR count). The second kappa shape index (κ2) is 6.64. The summed E-state index contributed by atoms with van der Waals surface area (Å²) in [6.45, 7) is 1.78. The van der Waals surface area contributed by atoms with E-state index in [1.807, 2.05) is 0 Å². The summed E-state index contributed by atoms with van der Waals surface area (Å²) in [6, 6.07) is 1.66. The van der Waals surface area contributed by atoms with Crippen LogP contribution in [-0.2, 0) is 16.0 Å². The Morgan fingerprint density at radius 2 is 2.26 bits per heavy atom. The van der Waals surface area contributed by atoms with Crippen molar-refractivity contribution in [2.75, 3.05) is 13.7 Å². The summed E-state index contributed by atoms with van der Waals surface area (Å²) >= 11 is 0. The molecular formula is C12H12F2N2O3. The normalized spacial score (nSPS) is 10.1. The number of nitrogens with zero attached hydrogens (tertiary/aromatic N) is 2. The fourth-order valence-corrected chi connectivity index (χ4v) is 1.55. The van der Waals surface area contributed by atoms with E-state index in [4.69, 9.17) is 14.7 Å². The molecule has 0 unspecified atom stereocenters. The molecule has 0 bridgehead atoms. The quantitative estimate of drug-likeness (QED) is 0.765. The van der Waals surface area contributed by atoms with Crippen molar-refractivity contribution >= 4 is 5.97 Å².